The number of hydrogen-bond donors (Lipinski definition) is 1. The second kappa shape index (κ2) is 12.6. The molecule has 3 aromatic rings. The van der Waals surface area contributed by atoms with Gasteiger partial charge in [0.15, 0.2) is 0 Å². The molecular weight excluding hydrogens is 566 g/mol. The summed E-state index contributed by atoms with van der Waals surface area (Å²) in [6.45, 7) is 8.75. The van der Waals surface area contributed by atoms with E-state index in [0.29, 0.717) is 5.69 Å². The molecule has 202 valence electrons. The third kappa shape index (κ3) is 7.45. The predicted octanol–water partition coefficient (Wildman–Crippen LogP) is 5.20. The van der Waals surface area contributed by atoms with Crippen molar-refractivity contribution in [3.8, 4) is 0 Å². The lowest BCUT2D eigenvalue weighted by Crippen LogP contribution is -2.52. The van der Waals surface area contributed by atoms with Crippen molar-refractivity contribution in [2.45, 2.75) is 58.1 Å². The van der Waals surface area contributed by atoms with Gasteiger partial charge in [0.1, 0.15) is 12.6 Å². The van der Waals surface area contributed by atoms with Gasteiger partial charge in [0.2, 0.25) is 11.8 Å². The number of nitrogens with one attached hydrogen (secondary N) is 1. The Morgan fingerprint density at radius 1 is 0.895 bits per heavy atom. The molecule has 1 atom stereocenters. The Labute approximate surface area is 234 Å². The maximum absolute atomic E-state index is 13.9. The molecule has 0 heterocycles. The Balaban J connectivity index is 2.03. The molecule has 2 amide bonds. The number of benzene rings is 3. The number of aryl methyl sites for hydroxylation is 2. The van der Waals surface area contributed by atoms with Crippen LogP contribution in [0.1, 0.15) is 37.5 Å². The van der Waals surface area contributed by atoms with Crippen molar-refractivity contribution in [2.24, 2.45) is 0 Å². The van der Waals surface area contributed by atoms with Crippen LogP contribution in [0.25, 0.3) is 0 Å². The first-order chi connectivity index (χ1) is 17.9. The monoisotopic (exact) mass is 599 g/mol. The zero-order valence-electron chi connectivity index (χ0n) is 22.3. The fraction of sp³-hybridized carbons (Fsp3) is 0.310. The van der Waals surface area contributed by atoms with Crippen molar-refractivity contribution >= 4 is 43.5 Å². The number of amides is 2. The van der Waals surface area contributed by atoms with Crippen LogP contribution in [0.3, 0.4) is 0 Å². The molecule has 0 saturated carbocycles. The number of carbonyl (C=O) groups excluding carboxylic acids is 2. The smallest absolute Gasteiger partial charge is 0.264 e. The number of anilines is 1. The van der Waals surface area contributed by atoms with E-state index in [1.807, 2.05) is 58.0 Å². The Morgan fingerprint density at radius 2 is 1.55 bits per heavy atom. The topological polar surface area (TPSA) is 86.8 Å². The molecule has 0 aliphatic rings. The van der Waals surface area contributed by atoms with Crippen molar-refractivity contribution < 1.29 is 18.0 Å². The molecular formula is C29H34BrN3O4S. The fourth-order valence-electron chi connectivity index (χ4n) is 3.97. The minimum Gasteiger partial charge on any atom is -0.352 e. The van der Waals surface area contributed by atoms with Gasteiger partial charge in [0.05, 0.1) is 10.6 Å². The molecule has 7 nitrogen and oxygen atoms in total. The number of hydrogen-bond acceptors (Lipinski definition) is 4. The summed E-state index contributed by atoms with van der Waals surface area (Å²) in [5.41, 5.74) is 2.96. The fourth-order valence-corrected chi connectivity index (χ4v) is 5.82. The van der Waals surface area contributed by atoms with Gasteiger partial charge in [0.25, 0.3) is 10.0 Å². The van der Waals surface area contributed by atoms with Crippen LogP contribution in [0, 0.1) is 13.8 Å². The van der Waals surface area contributed by atoms with Gasteiger partial charge < -0.3 is 10.2 Å². The Hall–Kier alpha value is -3.17. The highest BCUT2D eigenvalue weighted by atomic mass is 79.9. The predicted molar refractivity (Wildman–Crippen MR) is 154 cm³/mol. The summed E-state index contributed by atoms with van der Waals surface area (Å²) in [7, 11) is -4.08. The zero-order chi connectivity index (χ0) is 28.0. The molecule has 0 bridgehead atoms. The number of nitrogens with zero attached hydrogens (tertiary/aromatic N) is 2. The highest BCUT2D eigenvalue weighted by Gasteiger charge is 2.32. The van der Waals surface area contributed by atoms with E-state index in [-0.39, 0.29) is 23.4 Å². The Bertz CT molecular complexity index is 1390. The Morgan fingerprint density at radius 3 is 2.16 bits per heavy atom. The van der Waals surface area contributed by atoms with Crippen molar-refractivity contribution in [2.75, 3.05) is 10.8 Å². The van der Waals surface area contributed by atoms with Crippen LogP contribution in [0.15, 0.2) is 82.2 Å². The van der Waals surface area contributed by atoms with E-state index in [4.69, 9.17) is 0 Å². The summed E-state index contributed by atoms with van der Waals surface area (Å²) in [6, 6.07) is 20.0. The van der Waals surface area contributed by atoms with Crippen LogP contribution in [0.5, 0.6) is 0 Å². The van der Waals surface area contributed by atoms with Crippen molar-refractivity contribution in [1.29, 1.82) is 0 Å². The Kier molecular flexibility index (Phi) is 9.73. The van der Waals surface area contributed by atoms with E-state index >= 15 is 0 Å². The molecule has 0 aliphatic carbocycles. The lowest BCUT2D eigenvalue weighted by Gasteiger charge is -2.32. The van der Waals surface area contributed by atoms with Crippen LogP contribution in [0.4, 0.5) is 5.69 Å². The molecule has 9 heteroatoms. The van der Waals surface area contributed by atoms with Crippen LogP contribution < -0.4 is 9.62 Å². The van der Waals surface area contributed by atoms with Gasteiger partial charge in [-0.3, -0.25) is 13.9 Å². The number of halogens is 1. The second-order valence-corrected chi connectivity index (χ2v) is 12.4. The minimum absolute atomic E-state index is 0.0848. The lowest BCUT2D eigenvalue weighted by molar-refractivity contribution is -0.139. The van der Waals surface area contributed by atoms with Crippen LogP contribution >= 0.6 is 15.9 Å². The standard InChI is InChI=1S/C29H34BrN3O4S/c1-20(2)31-29(35)23(5)32(18-24-9-7-10-25(30)17-24)28(34)19-33(26-11-6-8-22(4)16-26)38(36,37)27-14-12-21(3)13-15-27/h6-17,20,23H,18-19H2,1-5H3,(H,31,35)/t23-/m0/s1. The third-order valence-electron chi connectivity index (χ3n) is 6.02. The lowest BCUT2D eigenvalue weighted by atomic mass is 10.1. The highest BCUT2D eigenvalue weighted by molar-refractivity contribution is 9.10. The van der Waals surface area contributed by atoms with E-state index in [1.165, 1.54) is 17.0 Å². The summed E-state index contributed by atoms with van der Waals surface area (Å²) < 4.78 is 29.6. The molecule has 0 unspecified atom stereocenters. The minimum atomic E-state index is -4.08. The number of rotatable bonds is 10. The van der Waals surface area contributed by atoms with E-state index < -0.39 is 28.5 Å². The maximum Gasteiger partial charge on any atom is 0.264 e. The normalized spacial score (nSPS) is 12.2. The van der Waals surface area contributed by atoms with Gasteiger partial charge in [-0.05, 0) is 82.1 Å². The van der Waals surface area contributed by atoms with Gasteiger partial charge in [-0.25, -0.2) is 8.42 Å². The average Bonchev–Trinajstić information content (AvgIpc) is 2.85. The summed E-state index contributed by atoms with van der Waals surface area (Å²) in [5, 5.41) is 2.85. The van der Waals surface area contributed by atoms with Crippen molar-refractivity contribution in [1.82, 2.24) is 10.2 Å². The number of carbonyl (C=O) groups is 2. The molecule has 1 N–H and O–H groups in total. The largest absolute Gasteiger partial charge is 0.352 e. The molecule has 38 heavy (non-hydrogen) atoms. The van der Waals surface area contributed by atoms with Gasteiger partial charge in [-0.2, -0.15) is 0 Å². The third-order valence-corrected chi connectivity index (χ3v) is 8.30. The van der Waals surface area contributed by atoms with Crippen LogP contribution in [-0.2, 0) is 26.2 Å². The molecule has 0 aromatic heterocycles. The summed E-state index contributed by atoms with van der Waals surface area (Å²) in [5.74, 6) is -0.805. The molecule has 3 rings (SSSR count). The summed E-state index contributed by atoms with van der Waals surface area (Å²) in [6.07, 6.45) is 0. The second-order valence-electron chi connectivity index (χ2n) is 9.65. The van der Waals surface area contributed by atoms with E-state index in [1.54, 1.807) is 37.3 Å². The van der Waals surface area contributed by atoms with Crippen LogP contribution in [0.2, 0.25) is 0 Å². The number of sulfonamides is 1. The van der Waals surface area contributed by atoms with Gasteiger partial charge >= 0.3 is 0 Å². The molecule has 0 aliphatic heterocycles. The molecule has 0 spiro atoms. The summed E-state index contributed by atoms with van der Waals surface area (Å²) in [4.78, 5) is 28.4. The van der Waals surface area contributed by atoms with Gasteiger partial charge in [0, 0.05) is 17.1 Å². The van der Waals surface area contributed by atoms with Crippen LogP contribution in [-0.4, -0.2) is 43.8 Å². The van der Waals surface area contributed by atoms with E-state index in [2.05, 4.69) is 21.2 Å². The maximum atomic E-state index is 13.9. The zero-order valence-corrected chi connectivity index (χ0v) is 24.7. The van der Waals surface area contributed by atoms with Gasteiger partial charge in [-0.1, -0.05) is 57.9 Å². The average molecular weight is 601 g/mol. The highest BCUT2D eigenvalue weighted by Crippen LogP contribution is 2.26. The molecule has 0 saturated heterocycles. The quantitative estimate of drug-likeness (QED) is 0.347. The van der Waals surface area contributed by atoms with Crippen molar-refractivity contribution in [3.05, 3.63) is 94.0 Å². The summed E-state index contributed by atoms with van der Waals surface area (Å²) >= 11 is 3.45. The molecule has 0 fully saturated rings. The molecule has 3 aromatic carbocycles. The van der Waals surface area contributed by atoms with E-state index in [0.717, 1.165) is 25.5 Å². The van der Waals surface area contributed by atoms with Gasteiger partial charge in [-0.15, -0.1) is 0 Å². The van der Waals surface area contributed by atoms with Crippen molar-refractivity contribution in [3.63, 3.8) is 0 Å². The SMILES string of the molecule is Cc1ccc(S(=O)(=O)N(CC(=O)N(Cc2cccc(Br)c2)[C@@H](C)C(=O)NC(C)C)c2cccc(C)c2)cc1. The molecule has 0 radical (unpaired) electrons. The van der Waals surface area contributed by atoms with E-state index in [9.17, 15) is 18.0 Å². The first-order valence-electron chi connectivity index (χ1n) is 12.4. The first-order valence-corrected chi connectivity index (χ1v) is 14.6. The first kappa shape index (κ1) is 29.4.